The molecule has 3 aromatic rings. The van der Waals surface area contributed by atoms with Crippen molar-refractivity contribution in [2.24, 2.45) is 5.73 Å². The van der Waals surface area contributed by atoms with Crippen LogP contribution in [-0.4, -0.2) is 76.4 Å². The third-order valence-corrected chi connectivity index (χ3v) is 5.74. The third kappa shape index (κ3) is 5.29. The standard InChI is InChI=1S/C19H23N6O8P/c20-11(6-10-4-2-1-3-5-10)18(28)24-16-13-17(22-8-21-16)25(9-23-13)19-15(27)14(26)12(33-19)7-32-34(29,30)31/h1-5,8-9,11-12,14-15,19,26-27H,6-7,20H2,(H2,29,30,31)(H,21,22,24,28)/t11-,12+,14+,15+,19+/m0/s1. The van der Waals surface area contributed by atoms with E-state index in [4.69, 9.17) is 20.3 Å². The van der Waals surface area contributed by atoms with Crippen molar-refractivity contribution in [1.82, 2.24) is 19.5 Å². The number of imidazole rings is 1. The molecule has 3 heterocycles. The summed E-state index contributed by atoms with van der Waals surface area (Å²) < 4.78 is 22.2. The predicted octanol–water partition coefficient (Wildman–Crippen LogP) is -0.937. The zero-order valence-corrected chi connectivity index (χ0v) is 18.5. The van der Waals surface area contributed by atoms with E-state index < -0.39 is 50.9 Å². The normalized spacial score (nSPS) is 23.8. The molecule has 4 rings (SSSR count). The summed E-state index contributed by atoms with van der Waals surface area (Å²) in [6, 6.07) is 8.42. The Hall–Kier alpha value is -2.81. The quantitative estimate of drug-likeness (QED) is 0.209. The molecule has 34 heavy (non-hydrogen) atoms. The molecule has 5 atom stereocenters. The number of carbonyl (C=O) groups is 1. The molecule has 1 saturated heterocycles. The highest BCUT2D eigenvalue weighted by Crippen LogP contribution is 2.39. The highest BCUT2D eigenvalue weighted by molar-refractivity contribution is 7.46. The van der Waals surface area contributed by atoms with Crippen LogP contribution in [0.4, 0.5) is 5.82 Å². The van der Waals surface area contributed by atoms with Gasteiger partial charge in [0.25, 0.3) is 0 Å². The fourth-order valence-electron chi connectivity index (χ4n) is 3.57. The van der Waals surface area contributed by atoms with Crippen molar-refractivity contribution >= 4 is 30.7 Å². The van der Waals surface area contributed by atoms with E-state index in [0.29, 0.717) is 6.42 Å². The van der Waals surface area contributed by atoms with E-state index in [9.17, 15) is 19.6 Å². The maximum absolute atomic E-state index is 12.6. The van der Waals surface area contributed by atoms with Crippen LogP contribution in [0.15, 0.2) is 43.0 Å². The minimum absolute atomic E-state index is 0.0895. The zero-order chi connectivity index (χ0) is 24.5. The number of benzene rings is 1. The van der Waals surface area contributed by atoms with Gasteiger partial charge in [-0.1, -0.05) is 30.3 Å². The highest BCUT2D eigenvalue weighted by atomic mass is 31.2. The number of phosphoric acid groups is 1. The monoisotopic (exact) mass is 494 g/mol. The summed E-state index contributed by atoms with van der Waals surface area (Å²) in [5.74, 6) is -0.396. The molecular weight excluding hydrogens is 471 g/mol. The molecule has 7 N–H and O–H groups in total. The molecule has 182 valence electrons. The first-order valence-electron chi connectivity index (χ1n) is 10.1. The van der Waals surface area contributed by atoms with Crippen LogP contribution in [0, 0.1) is 0 Å². The van der Waals surface area contributed by atoms with Crippen molar-refractivity contribution in [2.75, 3.05) is 11.9 Å². The number of aromatic nitrogens is 4. The number of carbonyl (C=O) groups excluding carboxylic acids is 1. The number of nitrogens with one attached hydrogen (secondary N) is 1. The molecule has 0 saturated carbocycles. The Labute approximate surface area is 192 Å². The number of anilines is 1. The molecule has 1 amide bonds. The minimum atomic E-state index is -4.80. The average molecular weight is 494 g/mol. The lowest BCUT2D eigenvalue weighted by molar-refractivity contribution is -0.117. The largest absolute Gasteiger partial charge is 0.469 e. The predicted molar refractivity (Wildman–Crippen MR) is 116 cm³/mol. The molecule has 0 unspecified atom stereocenters. The van der Waals surface area contributed by atoms with Crippen LogP contribution in [0.25, 0.3) is 11.2 Å². The van der Waals surface area contributed by atoms with Crippen molar-refractivity contribution in [1.29, 1.82) is 0 Å². The van der Waals surface area contributed by atoms with Crippen LogP contribution in [0.5, 0.6) is 0 Å². The van der Waals surface area contributed by atoms with Gasteiger partial charge in [-0.15, -0.1) is 0 Å². The van der Waals surface area contributed by atoms with E-state index in [1.54, 1.807) is 0 Å². The molecule has 1 aliphatic heterocycles. The van der Waals surface area contributed by atoms with Crippen molar-refractivity contribution in [3.8, 4) is 0 Å². The summed E-state index contributed by atoms with van der Waals surface area (Å²) in [6.07, 6.45) is -2.63. The maximum atomic E-state index is 12.6. The van der Waals surface area contributed by atoms with Crippen LogP contribution >= 0.6 is 7.82 Å². The Balaban J connectivity index is 1.50. The van der Waals surface area contributed by atoms with E-state index in [1.807, 2.05) is 30.3 Å². The van der Waals surface area contributed by atoms with Gasteiger partial charge in [-0.25, -0.2) is 19.5 Å². The second-order valence-corrected chi connectivity index (χ2v) is 8.90. The molecule has 14 nitrogen and oxygen atoms in total. The molecule has 2 aromatic heterocycles. The molecule has 0 spiro atoms. The minimum Gasteiger partial charge on any atom is -0.387 e. The first kappa shape index (κ1) is 24.3. The summed E-state index contributed by atoms with van der Waals surface area (Å²) in [7, 11) is -4.80. The number of nitrogens with zero attached hydrogens (tertiary/aromatic N) is 4. The number of fused-ring (bicyclic) bond motifs is 1. The van der Waals surface area contributed by atoms with Gasteiger partial charge < -0.3 is 35.8 Å². The Morgan fingerprint density at radius 3 is 2.65 bits per heavy atom. The summed E-state index contributed by atoms with van der Waals surface area (Å²) >= 11 is 0. The molecular formula is C19H23N6O8P. The Morgan fingerprint density at radius 1 is 1.21 bits per heavy atom. The summed E-state index contributed by atoms with van der Waals surface area (Å²) in [5.41, 5.74) is 7.28. The smallest absolute Gasteiger partial charge is 0.387 e. The summed E-state index contributed by atoms with van der Waals surface area (Å²) in [5, 5.41) is 23.2. The van der Waals surface area contributed by atoms with Crippen LogP contribution in [0.1, 0.15) is 11.8 Å². The summed E-state index contributed by atoms with van der Waals surface area (Å²) in [6.45, 7) is -0.652. The lowest BCUT2D eigenvalue weighted by Crippen LogP contribution is -2.37. The fraction of sp³-hybridized carbons (Fsp3) is 0.368. The number of nitrogens with two attached hydrogens (primary N) is 1. The number of rotatable bonds is 8. The molecule has 1 fully saturated rings. The molecule has 0 bridgehead atoms. The van der Waals surface area contributed by atoms with Crippen LogP contribution in [-0.2, 0) is 25.0 Å². The topological polar surface area (TPSA) is 215 Å². The molecule has 1 aliphatic rings. The van der Waals surface area contributed by atoms with Crippen molar-refractivity contribution < 1.29 is 38.6 Å². The number of aliphatic hydroxyl groups excluding tert-OH is 2. The first-order valence-corrected chi connectivity index (χ1v) is 11.7. The van der Waals surface area contributed by atoms with E-state index in [0.717, 1.165) is 5.56 Å². The van der Waals surface area contributed by atoms with Gasteiger partial charge in [-0.2, -0.15) is 0 Å². The lowest BCUT2D eigenvalue weighted by atomic mass is 10.1. The van der Waals surface area contributed by atoms with Gasteiger partial charge in [-0.05, 0) is 12.0 Å². The maximum Gasteiger partial charge on any atom is 0.469 e. The lowest BCUT2D eigenvalue weighted by Gasteiger charge is -2.16. The molecule has 0 aliphatic carbocycles. The number of hydrogen-bond donors (Lipinski definition) is 6. The zero-order valence-electron chi connectivity index (χ0n) is 17.6. The van der Waals surface area contributed by atoms with Crippen molar-refractivity contribution in [3.63, 3.8) is 0 Å². The first-order chi connectivity index (χ1) is 16.1. The number of hydrogen-bond acceptors (Lipinski definition) is 10. The van der Waals surface area contributed by atoms with Gasteiger partial charge in [0.05, 0.1) is 19.0 Å². The molecule has 1 aromatic carbocycles. The van der Waals surface area contributed by atoms with Crippen molar-refractivity contribution in [3.05, 3.63) is 48.5 Å². The van der Waals surface area contributed by atoms with E-state index in [-0.39, 0.29) is 17.0 Å². The van der Waals surface area contributed by atoms with Crippen molar-refractivity contribution in [2.45, 2.75) is 37.0 Å². The van der Waals surface area contributed by atoms with Crippen LogP contribution < -0.4 is 11.1 Å². The number of amides is 1. The van der Waals surface area contributed by atoms with E-state index in [1.165, 1.54) is 17.2 Å². The average Bonchev–Trinajstić information content (AvgIpc) is 3.34. The van der Waals surface area contributed by atoms with Gasteiger partial charge in [0.15, 0.2) is 23.2 Å². The van der Waals surface area contributed by atoms with E-state index >= 15 is 0 Å². The van der Waals surface area contributed by atoms with Crippen LogP contribution in [0.3, 0.4) is 0 Å². The van der Waals surface area contributed by atoms with Gasteiger partial charge in [0.2, 0.25) is 5.91 Å². The van der Waals surface area contributed by atoms with Gasteiger partial charge >= 0.3 is 7.82 Å². The van der Waals surface area contributed by atoms with Gasteiger partial charge in [0, 0.05) is 0 Å². The Bertz CT molecular complexity index is 1200. The Morgan fingerprint density at radius 2 is 1.94 bits per heavy atom. The number of phosphoric ester groups is 1. The second-order valence-electron chi connectivity index (χ2n) is 7.66. The highest BCUT2D eigenvalue weighted by Gasteiger charge is 2.45. The molecule has 15 heteroatoms. The Kier molecular flexibility index (Phi) is 7.02. The third-order valence-electron chi connectivity index (χ3n) is 5.25. The SMILES string of the molecule is N[C@@H](Cc1ccccc1)C(=O)Nc1ncnc2c1ncn2[C@@H]1O[C@H](COP(=O)(O)O)[C@@H](O)[C@H]1O. The number of aliphatic hydroxyl groups is 2. The molecule has 0 radical (unpaired) electrons. The van der Waals surface area contributed by atoms with E-state index in [2.05, 4.69) is 24.8 Å². The van der Waals surface area contributed by atoms with Gasteiger partial charge in [-0.3, -0.25) is 13.9 Å². The van der Waals surface area contributed by atoms with Crippen LogP contribution in [0.2, 0.25) is 0 Å². The number of ether oxygens (including phenoxy) is 1. The fourth-order valence-corrected chi connectivity index (χ4v) is 3.91. The van der Waals surface area contributed by atoms with Gasteiger partial charge in [0.1, 0.15) is 24.6 Å². The second kappa shape index (κ2) is 9.82. The summed E-state index contributed by atoms with van der Waals surface area (Å²) in [4.78, 5) is 42.7.